The van der Waals surface area contributed by atoms with E-state index < -0.39 is 6.16 Å². The van der Waals surface area contributed by atoms with Crippen LogP contribution in [0.2, 0.25) is 5.28 Å². The van der Waals surface area contributed by atoms with E-state index >= 15 is 0 Å². The van der Waals surface area contributed by atoms with E-state index in [1.54, 1.807) is 0 Å². The molecule has 0 heterocycles. The van der Waals surface area contributed by atoms with E-state index in [1.165, 1.54) is 5.28 Å². The molecular formula is C3H5AlO3. The standard InChI is InChI=1S/C2H5.CH2O3.Al/c1-2;2-1(3)4;/h1H2,2H3;(H2,2,3,4);/q;;+2/p-2. The first-order chi connectivity index (χ1) is 3.15. The van der Waals surface area contributed by atoms with Crippen molar-refractivity contribution < 1.29 is 15.0 Å². The molecule has 0 fully saturated rings. The van der Waals surface area contributed by atoms with E-state index in [0.717, 1.165) is 0 Å². The van der Waals surface area contributed by atoms with E-state index in [9.17, 15) is 0 Å². The predicted molar refractivity (Wildman–Crippen MR) is 21.6 cm³/mol. The van der Waals surface area contributed by atoms with Gasteiger partial charge in [-0.3, -0.25) is 0 Å². The van der Waals surface area contributed by atoms with Gasteiger partial charge < -0.3 is 15.0 Å². The Labute approximate surface area is 50.4 Å². The molecule has 0 spiro atoms. The van der Waals surface area contributed by atoms with Crippen molar-refractivity contribution in [2.75, 3.05) is 0 Å². The Morgan fingerprint density at radius 1 is 1.71 bits per heavy atom. The Balaban J connectivity index is 0. The van der Waals surface area contributed by atoms with Gasteiger partial charge in [0.05, 0.1) is 0 Å². The fraction of sp³-hybridized carbons (Fsp3) is 0.667. The van der Waals surface area contributed by atoms with Gasteiger partial charge in [-0.1, -0.05) is 0 Å². The number of hydrogen-bond acceptors (Lipinski definition) is 3. The molecule has 0 N–H and O–H groups in total. The number of carboxylic acid groups (broad SMARTS) is 2. The SMILES string of the molecule is C[CH2][Al+2].O=C([O-])[O-]. The van der Waals surface area contributed by atoms with Crippen LogP contribution in [0.5, 0.6) is 0 Å². The molecule has 4 heteroatoms. The van der Waals surface area contributed by atoms with Gasteiger partial charge in [0.1, 0.15) is 0 Å². The third-order valence-corrected chi connectivity index (χ3v) is 0. The van der Waals surface area contributed by atoms with Gasteiger partial charge in [-0.25, -0.2) is 0 Å². The van der Waals surface area contributed by atoms with Gasteiger partial charge in [-0.2, -0.15) is 0 Å². The Hall–Kier alpha value is -0.198. The zero-order valence-corrected chi connectivity index (χ0v) is 5.16. The summed E-state index contributed by atoms with van der Waals surface area (Å²) in [6, 6.07) is 0. The fourth-order valence-corrected chi connectivity index (χ4v) is 0. The molecule has 7 heavy (non-hydrogen) atoms. The van der Waals surface area contributed by atoms with Gasteiger partial charge in [0.15, 0.2) is 0 Å². The van der Waals surface area contributed by atoms with Crippen molar-refractivity contribution in [3.05, 3.63) is 0 Å². The van der Waals surface area contributed by atoms with Crippen LogP contribution in [0.3, 0.4) is 0 Å². The van der Waals surface area contributed by atoms with E-state index in [2.05, 4.69) is 23.2 Å². The predicted octanol–water partition coefficient (Wildman–Crippen LogP) is -1.85. The molecule has 0 radical (unpaired) electrons. The summed E-state index contributed by atoms with van der Waals surface area (Å²) < 4.78 is 0. The van der Waals surface area contributed by atoms with Gasteiger partial charge >= 0.3 is 28.5 Å². The van der Waals surface area contributed by atoms with Gasteiger partial charge in [-0.05, 0) is 6.16 Å². The number of rotatable bonds is 0. The Bertz CT molecular complexity index is 41.4. The maximum atomic E-state index is 8.33. The Morgan fingerprint density at radius 3 is 1.71 bits per heavy atom. The van der Waals surface area contributed by atoms with Crippen LogP contribution in [0.25, 0.3) is 0 Å². The molecule has 0 aromatic rings. The van der Waals surface area contributed by atoms with Crippen molar-refractivity contribution in [3.8, 4) is 0 Å². The molecule has 0 aliphatic rings. The fourth-order valence-electron chi connectivity index (χ4n) is 0. The molecular weight excluding hydrogens is 111 g/mol. The molecule has 0 bridgehead atoms. The molecule has 0 aliphatic carbocycles. The minimum absolute atomic E-state index is 1.17. The Kier molecular flexibility index (Phi) is 13.1. The Morgan fingerprint density at radius 2 is 1.71 bits per heavy atom. The number of carbonyl (C=O) groups excluding carboxylic acids is 1. The maximum absolute atomic E-state index is 8.33. The summed E-state index contributed by atoms with van der Waals surface area (Å²) in [6.45, 7) is 2.09. The molecule has 0 rings (SSSR count). The summed E-state index contributed by atoms with van der Waals surface area (Å²) in [5.41, 5.74) is 0. The first kappa shape index (κ1) is 9.93. The molecule has 0 amide bonds. The second-order valence-corrected chi connectivity index (χ2v) is 1.47. The topological polar surface area (TPSA) is 63.2 Å². The average molecular weight is 116 g/mol. The quantitative estimate of drug-likeness (QED) is 0.349. The zero-order valence-electron chi connectivity index (χ0n) is 4.01. The monoisotopic (exact) mass is 116 g/mol. The van der Waals surface area contributed by atoms with Crippen molar-refractivity contribution >= 4 is 22.4 Å². The van der Waals surface area contributed by atoms with Gasteiger partial charge in [0.25, 0.3) is 0 Å². The van der Waals surface area contributed by atoms with Gasteiger partial charge in [0.2, 0.25) is 0 Å². The van der Waals surface area contributed by atoms with Crippen molar-refractivity contribution in [1.82, 2.24) is 0 Å². The van der Waals surface area contributed by atoms with Crippen LogP contribution in [-0.4, -0.2) is 22.4 Å². The van der Waals surface area contributed by atoms with Crippen molar-refractivity contribution in [1.29, 1.82) is 0 Å². The summed E-state index contributed by atoms with van der Waals surface area (Å²) in [4.78, 5) is 8.33. The largest absolute Gasteiger partial charge is 0.652 e. The maximum Gasteiger partial charge on any atom is -0.0431 e. The molecule has 0 aliphatic heterocycles. The molecule has 0 saturated heterocycles. The van der Waals surface area contributed by atoms with Crippen LogP contribution in [0.1, 0.15) is 6.92 Å². The molecule has 0 aromatic carbocycles. The third kappa shape index (κ3) is 2150. The van der Waals surface area contributed by atoms with Gasteiger partial charge in [-0.15, -0.1) is 0 Å². The molecule has 38 valence electrons. The molecule has 0 atom stereocenters. The van der Waals surface area contributed by atoms with E-state index in [4.69, 9.17) is 15.0 Å². The van der Waals surface area contributed by atoms with Gasteiger partial charge in [0, 0.05) is 0 Å². The average Bonchev–Trinajstić information content (AvgIpc) is 1.33. The number of hydrogen-bond donors (Lipinski definition) is 0. The van der Waals surface area contributed by atoms with E-state index in [1.807, 2.05) is 0 Å². The molecule has 0 unspecified atom stereocenters. The summed E-state index contributed by atoms with van der Waals surface area (Å²) in [7, 11) is 0. The second-order valence-electron chi connectivity index (χ2n) is 0.658. The van der Waals surface area contributed by atoms with Crippen LogP contribution in [-0.2, 0) is 0 Å². The van der Waals surface area contributed by atoms with Crippen LogP contribution < -0.4 is 10.2 Å². The smallest absolute Gasteiger partial charge is 0.0431 e. The van der Waals surface area contributed by atoms with E-state index in [-0.39, 0.29) is 0 Å². The van der Waals surface area contributed by atoms with Crippen LogP contribution in [0, 0.1) is 0 Å². The summed E-state index contributed by atoms with van der Waals surface area (Å²) in [5.74, 6) is 0. The number of carbonyl (C=O) groups is 1. The second kappa shape index (κ2) is 9.26. The third-order valence-electron chi connectivity index (χ3n) is 0. The molecule has 0 aromatic heterocycles. The normalized spacial score (nSPS) is 6.14. The van der Waals surface area contributed by atoms with Crippen molar-refractivity contribution in [2.24, 2.45) is 0 Å². The van der Waals surface area contributed by atoms with Crippen molar-refractivity contribution in [2.45, 2.75) is 12.2 Å². The summed E-state index contributed by atoms with van der Waals surface area (Å²) in [6.07, 6.45) is -2.33. The van der Waals surface area contributed by atoms with Crippen LogP contribution >= 0.6 is 0 Å². The first-order valence-electron chi connectivity index (χ1n) is 1.73. The minimum Gasteiger partial charge on any atom is -0.652 e. The van der Waals surface area contributed by atoms with Crippen molar-refractivity contribution in [3.63, 3.8) is 0 Å². The van der Waals surface area contributed by atoms with Crippen LogP contribution in [0.15, 0.2) is 0 Å². The summed E-state index contributed by atoms with van der Waals surface area (Å²) >= 11 is 2.58. The first-order valence-corrected chi connectivity index (χ1v) is 2.54. The van der Waals surface area contributed by atoms with E-state index in [0.29, 0.717) is 0 Å². The molecule has 0 saturated carbocycles. The zero-order chi connectivity index (χ0) is 6.28. The summed E-state index contributed by atoms with van der Waals surface area (Å²) in [5, 5.41) is 17.8. The minimum atomic E-state index is -2.33. The van der Waals surface area contributed by atoms with Crippen LogP contribution in [0.4, 0.5) is 4.79 Å². The molecule has 3 nitrogen and oxygen atoms in total.